The van der Waals surface area contributed by atoms with Crippen LogP contribution in [0.5, 0.6) is 0 Å². The van der Waals surface area contributed by atoms with Gasteiger partial charge in [0.25, 0.3) is 0 Å². The molecule has 7 heteroatoms. The number of para-hydroxylation sites is 1. The number of carbonyl (C=O) groups is 2. The fraction of sp³-hybridized carbons (Fsp3) is 0.348. The van der Waals surface area contributed by atoms with E-state index in [1.807, 2.05) is 47.4 Å². The summed E-state index contributed by atoms with van der Waals surface area (Å²) in [5.41, 5.74) is 2.17. The zero-order valence-corrected chi connectivity index (χ0v) is 17.7. The van der Waals surface area contributed by atoms with E-state index in [1.165, 1.54) is 16.9 Å². The first-order chi connectivity index (χ1) is 14.7. The van der Waals surface area contributed by atoms with Crippen LogP contribution in [0.15, 0.2) is 54.6 Å². The first kappa shape index (κ1) is 20.5. The Hall–Kier alpha value is -2.77. The molecule has 30 heavy (non-hydrogen) atoms. The number of amides is 2. The van der Waals surface area contributed by atoms with Gasteiger partial charge in [0.2, 0.25) is 11.8 Å². The van der Waals surface area contributed by atoms with E-state index in [-0.39, 0.29) is 11.8 Å². The lowest BCUT2D eigenvalue weighted by Crippen LogP contribution is -2.50. The Balaban J connectivity index is 1.17. The van der Waals surface area contributed by atoms with E-state index in [2.05, 4.69) is 27.3 Å². The molecule has 1 fully saturated rings. The molecule has 0 atom stereocenters. The SMILES string of the molecule is O=C(CN1CCN(C(=O)CCCc2ccccc2)CC1)Nc1nc2ccccc2s1. The fourth-order valence-corrected chi connectivity index (χ4v) is 4.57. The summed E-state index contributed by atoms with van der Waals surface area (Å²) in [4.78, 5) is 33.3. The van der Waals surface area contributed by atoms with Crippen LogP contribution in [0.1, 0.15) is 18.4 Å². The minimum atomic E-state index is -0.0586. The molecule has 2 aromatic carbocycles. The first-order valence-corrected chi connectivity index (χ1v) is 11.2. The maximum Gasteiger partial charge on any atom is 0.240 e. The molecule has 0 radical (unpaired) electrons. The van der Waals surface area contributed by atoms with Crippen LogP contribution in [0.2, 0.25) is 0 Å². The van der Waals surface area contributed by atoms with Crippen LogP contribution >= 0.6 is 11.3 Å². The fourth-order valence-electron chi connectivity index (χ4n) is 3.69. The van der Waals surface area contributed by atoms with Crippen molar-refractivity contribution in [3.05, 3.63) is 60.2 Å². The average Bonchev–Trinajstić information content (AvgIpc) is 3.17. The molecular weight excluding hydrogens is 396 g/mol. The molecule has 0 aliphatic carbocycles. The van der Waals surface area contributed by atoms with Gasteiger partial charge in [-0.25, -0.2) is 4.98 Å². The molecule has 3 aromatic rings. The number of aromatic nitrogens is 1. The third-order valence-electron chi connectivity index (χ3n) is 5.33. The molecule has 1 N–H and O–H groups in total. The summed E-state index contributed by atoms with van der Waals surface area (Å²) in [5, 5.41) is 3.54. The zero-order chi connectivity index (χ0) is 20.8. The maximum absolute atomic E-state index is 12.5. The van der Waals surface area contributed by atoms with Gasteiger partial charge in [-0.2, -0.15) is 0 Å². The Bertz CT molecular complexity index is 964. The predicted octanol–water partition coefficient (Wildman–Crippen LogP) is 3.40. The molecule has 2 heterocycles. The Kier molecular flexibility index (Phi) is 6.71. The lowest BCUT2D eigenvalue weighted by atomic mass is 10.1. The van der Waals surface area contributed by atoms with Gasteiger partial charge >= 0.3 is 0 Å². The van der Waals surface area contributed by atoms with Gasteiger partial charge in [-0.05, 0) is 30.5 Å². The monoisotopic (exact) mass is 422 g/mol. The van der Waals surface area contributed by atoms with Gasteiger partial charge < -0.3 is 10.2 Å². The van der Waals surface area contributed by atoms with Crippen molar-refractivity contribution in [2.75, 3.05) is 38.0 Å². The minimum absolute atomic E-state index is 0.0586. The number of aryl methyl sites for hydroxylation is 1. The number of thiazole rings is 1. The van der Waals surface area contributed by atoms with Crippen molar-refractivity contribution < 1.29 is 9.59 Å². The van der Waals surface area contributed by atoms with Crippen molar-refractivity contribution >= 4 is 38.5 Å². The molecule has 0 spiro atoms. The second kappa shape index (κ2) is 9.82. The lowest BCUT2D eigenvalue weighted by molar-refractivity contribution is -0.133. The summed E-state index contributed by atoms with van der Waals surface area (Å²) >= 11 is 1.48. The van der Waals surface area contributed by atoms with Crippen molar-refractivity contribution in [3.63, 3.8) is 0 Å². The van der Waals surface area contributed by atoms with Crippen LogP contribution in [0.4, 0.5) is 5.13 Å². The van der Waals surface area contributed by atoms with E-state index >= 15 is 0 Å². The quantitative estimate of drug-likeness (QED) is 0.634. The van der Waals surface area contributed by atoms with E-state index in [9.17, 15) is 9.59 Å². The summed E-state index contributed by atoms with van der Waals surface area (Å²) in [5.74, 6) is 0.154. The summed E-state index contributed by atoms with van der Waals surface area (Å²) in [6.45, 7) is 3.12. The molecule has 0 bridgehead atoms. The van der Waals surface area contributed by atoms with Crippen LogP contribution in [0.3, 0.4) is 0 Å². The van der Waals surface area contributed by atoms with E-state index in [0.717, 1.165) is 36.1 Å². The smallest absolute Gasteiger partial charge is 0.240 e. The Morgan fingerprint density at radius 2 is 1.70 bits per heavy atom. The number of fused-ring (bicyclic) bond motifs is 1. The number of anilines is 1. The Morgan fingerprint density at radius 3 is 2.47 bits per heavy atom. The molecule has 0 unspecified atom stereocenters. The zero-order valence-electron chi connectivity index (χ0n) is 16.9. The topological polar surface area (TPSA) is 65.5 Å². The number of hydrogen-bond donors (Lipinski definition) is 1. The van der Waals surface area contributed by atoms with Crippen molar-refractivity contribution in [2.45, 2.75) is 19.3 Å². The van der Waals surface area contributed by atoms with Crippen LogP contribution in [0.25, 0.3) is 10.2 Å². The average molecular weight is 423 g/mol. The molecule has 6 nitrogen and oxygen atoms in total. The number of hydrogen-bond acceptors (Lipinski definition) is 5. The highest BCUT2D eigenvalue weighted by Gasteiger charge is 2.22. The summed E-state index contributed by atoms with van der Waals surface area (Å²) in [7, 11) is 0. The molecule has 0 saturated carbocycles. The normalized spacial score (nSPS) is 14.7. The van der Waals surface area contributed by atoms with Gasteiger partial charge in [-0.15, -0.1) is 0 Å². The largest absolute Gasteiger partial charge is 0.340 e. The number of rotatable bonds is 7. The van der Waals surface area contributed by atoms with Crippen LogP contribution in [0, 0.1) is 0 Å². The number of nitrogens with zero attached hydrogens (tertiary/aromatic N) is 3. The number of nitrogens with one attached hydrogen (secondary N) is 1. The third kappa shape index (κ3) is 5.43. The predicted molar refractivity (Wildman–Crippen MR) is 121 cm³/mol. The Morgan fingerprint density at radius 1 is 0.967 bits per heavy atom. The molecule has 156 valence electrons. The molecule has 1 aromatic heterocycles. The second-order valence-electron chi connectivity index (χ2n) is 7.53. The lowest BCUT2D eigenvalue weighted by Gasteiger charge is -2.34. The van der Waals surface area contributed by atoms with Gasteiger partial charge in [0.1, 0.15) is 0 Å². The van der Waals surface area contributed by atoms with Gasteiger partial charge in [0, 0.05) is 32.6 Å². The van der Waals surface area contributed by atoms with E-state index < -0.39 is 0 Å². The van der Waals surface area contributed by atoms with Gasteiger partial charge in [-0.1, -0.05) is 53.8 Å². The highest BCUT2D eigenvalue weighted by atomic mass is 32.1. The van der Waals surface area contributed by atoms with Gasteiger partial charge in [-0.3, -0.25) is 14.5 Å². The van der Waals surface area contributed by atoms with Gasteiger partial charge in [0.05, 0.1) is 16.8 Å². The Labute approximate surface area is 180 Å². The number of piperazine rings is 1. The highest BCUT2D eigenvalue weighted by Crippen LogP contribution is 2.25. The van der Waals surface area contributed by atoms with Crippen molar-refractivity contribution in [1.82, 2.24) is 14.8 Å². The standard InChI is InChI=1S/C23H26N4O2S/c28-21(25-23-24-19-10-4-5-11-20(19)30-23)17-26-13-15-27(16-14-26)22(29)12-6-9-18-7-2-1-3-8-18/h1-5,7-8,10-11H,6,9,12-17H2,(H,24,25,28). The third-order valence-corrected chi connectivity index (χ3v) is 6.28. The van der Waals surface area contributed by atoms with Crippen LogP contribution < -0.4 is 5.32 Å². The number of benzene rings is 2. The molecular formula is C23H26N4O2S. The van der Waals surface area contributed by atoms with Crippen LogP contribution in [-0.2, 0) is 16.0 Å². The summed E-state index contributed by atoms with van der Waals surface area (Å²) in [6, 6.07) is 18.1. The van der Waals surface area contributed by atoms with Crippen LogP contribution in [-0.4, -0.2) is 59.3 Å². The second-order valence-corrected chi connectivity index (χ2v) is 8.56. The van der Waals surface area contributed by atoms with Crippen molar-refractivity contribution in [2.24, 2.45) is 0 Å². The van der Waals surface area contributed by atoms with Crippen molar-refractivity contribution in [3.8, 4) is 0 Å². The van der Waals surface area contributed by atoms with Gasteiger partial charge in [0.15, 0.2) is 5.13 Å². The molecule has 2 amide bonds. The first-order valence-electron chi connectivity index (χ1n) is 10.4. The molecule has 1 aliphatic heterocycles. The van der Waals surface area contributed by atoms with Crippen molar-refractivity contribution in [1.29, 1.82) is 0 Å². The maximum atomic E-state index is 12.5. The molecule has 4 rings (SSSR count). The minimum Gasteiger partial charge on any atom is -0.340 e. The van der Waals surface area contributed by atoms with E-state index in [0.29, 0.717) is 31.2 Å². The summed E-state index contributed by atoms with van der Waals surface area (Å²) in [6.07, 6.45) is 2.37. The number of carbonyl (C=O) groups excluding carboxylic acids is 2. The summed E-state index contributed by atoms with van der Waals surface area (Å²) < 4.78 is 1.06. The van der Waals surface area contributed by atoms with E-state index in [1.54, 1.807) is 0 Å². The van der Waals surface area contributed by atoms with E-state index in [4.69, 9.17) is 0 Å². The highest BCUT2D eigenvalue weighted by molar-refractivity contribution is 7.22. The molecule has 1 aliphatic rings. The molecule has 1 saturated heterocycles.